The van der Waals surface area contributed by atoms with E-state index in [1.807, 2.05) is 78.2 Å². The van der Waals surface area contributed by atoms with Gasteiger partial charge in [-0.2, -0.15) is 0 Å². The molecule has 0 spiro atoms. The molecule has 5 heteroatoms. The Hall–Kier alpha value is -1.71. The molecule has 1 unspecified atom stereocenters. The Morgan fingerprint density at radius 3 is 2.04 bits per heavy atom. The average molecular weight is 372 g/mol. The minimum atomic E-state index is -3.62. The molecule has 0 fully saturated rings. The molecule has 2 aromatic carbocycles. The molecule has 0 aliphatic carbocycles. The maximum absolute atomic E-state index is 12.4. The standard InChI is InChI=1S/C20H21O3PS/c21-24(22,14-13-19-12-7-15-25-19)23-16-20(17-8-3-1-4-9-17)18-10-5-2-6-11-18/h1-12,15,20H,13-14,16H2,(H,21,22). The molecule has 0 aliphatic rings. The third kappa shape index (κ3) is 5.38. The molecular weight excluding hydrogens is 351 g/mol. The molecule has 0 saturated heterocycles. The van der Waals surface area contributed by atoms with Crippen molar-refractivity contribution in [2.45, 2.75) is 12.3 Å². The van der Waals surface area contributed by atoms with E-state index in [1.165, 1.54) is 0 Å². The van der Waals surface area contributed by atoms with Crippen molar-refractivity contribution in [2.75, 3.05) is 12.8 Å². The van der Waals surface area contributed by atoms with Gasteiger partial charge in [0.05, 0.1) is 12.8 Å². The maximum atomic E-state index is 12.4. The molecule has 1 heterocycles. The highest BCUT2D eigenvalue weighted by Crippen LogP contribution is 2.44. The van der Waals surface area contributed by atoms with Gasteiger partial charge in [0, 0.05) is 10.8 Å². The number of thiophene rings is 1. The summed E-state index contributed by atoms with van der Waals surface area (Å²) in [6.45, 7) is 0.187. The first-order valence-electron chi connectivity index (χ1n) is 8.23. The Balaban J connectivity index is 1.69. The highest BCUT2D eigenvalue weighted by atomic mass is 32.1. The molecular formula is C20H21O3PS. The van der Waals surface area contributed by atoms with E-state index < -0.39 is 7.60 Å². The van der Waals surface area contributed by atoms with Crippen LogP contribution in [0.25, 0.3) is 0 Å². The molecule has 130 valence electrons. The zero-order valence-corrected chi connectivity index (χ0v) is 15.5. The van der Waals surface area contributed by atoms with Crippen molar-refractivity contribution >= 4 is 18.9 Å². The Labute approximate surface area is 152 Å². The fraction of sp³-hybridized carbons (Fsp3) is 0.200. The van der Waals surface area contributed by atoms with E-state index in [0.29, 0.717) is 6.42 Å². The minimum Gasteiger partial charge on any atom is -0.324 e. The summed E-state index contributed by atoms with van der Waals surface area (Å²) in [5.74, 6) is -0.0652. The van der Waals surface area contributed by atoms with Crippen molar-refractivity contribution in [2.24, 2.45) is 0 Å². The number of rotatable bonds is 8. The SMILES string of the molecule is O=P(O)(CCc1cccs1)OCC(c1ccccc1)c1ccccc1. The molecule has 0 amide bonds. The van der Waals surface area contributed by atoms with Gasteiger partial charge in [0.15, 0.2) is 0 Å². The lowest BCUT2D eigenvalue weighted by molar-refractivity contribution is 0.251. The van der Waals surface area contributed by atoms with E-state index in [4.69, 9.17) is 4.52 Å². The van der Waals surface area contributed by atoms with Gasteiger partial charge in [-0.1, -0.05) is 66.7 Å². The quantitative estimate of drug-likeness (QED) is 0.544. The van der Waals surface area contributed by atoms with E-state index in [1.54, 1.807) is 11.3 Å². The fourth-order valence-corrected chi connectivity index (χ4v) is 4.61. The molecule has 25 heavy (non-hydrogen) atoms. The lowest BCUT2D eigenvalue weighted by Crippen LogP contribution is -2.10. The second-order valence-electron chi connectivity index (χ2n) is 5.86. The van der Waals surface area contributed by atoms with Crippen LogP contribution in [0.15, 0.2) is 78.2 Å². The predicted molar refractivity (Wildman–Crippen MR) is 103 cm³/mol. The summed E-state index contributed by atoms with van der Waals surface area (Å²) in [6.07, 6.45) is 0.705. The first-order chi connectivity index (χ1) is 12.1. The molecule has 0 saturated carbocycles. The van der Waals surface area contributed by atoms with Crippen LogP contribution in [0, 0.1) is 0 Å². The van der Waals surface area contributed by atoms with Gasteiger partial charge in [0.25, 0.3) is 0 Å². The van der Waals surface area contributed by atoms with Gasteiger partial charge in [-0.15, -0.1) is 11.3 Å². The fourth-order valence-electron chi connectivity index (χ4n) is 2.72. The number of hydrogen-bond donors (Lipinski definition) is 1. The lowest BCUT2D eigenvalue weighted by atomic mass is 9.92. The molecule has 1 aromatic heterocycles. The minimum absolute atomic E-state index is 0.0652. The van der Waals surface area contributed by atoms with Crippen LogP contribution >= 0.6 is 18.9 Å². The van der Waals surface area contributed by atoms with Crippen molar-refractivity contribution in [3.05, 3.63) is 94.2 Å². The van der Waals surface area contributed by atoms with E-state index in [2.05, 4.69) is 0 Å². The molecule has 3 nitrogen and oxygen atoms in total. The van der Waals surface area contributed by atoms with Gasteiger partial charge in [-0.05, 0) is 29.0 Å². The van der Waals surface area contributed by atoms with Crippen molar-refractivity contribution < 1.29 is 14.0 Å². The second kappa shape index (κ2) is 8.59. The van der Waals surface area contributed by atoms with Crippen molar-refractivity contribution in [3.63, 3.8) is 0 Å². The monoisotopic (exact) mass is 372 g/mol. The Morgan fingerprint density at radius 1 is 0.920 bits per heavy atom. The topological polar surface area (TPSA) is 46.5 Å². The van der Waals surface area contributed by atoms with Gasteiger partial charge < -0.3 is 9.42 Å². The molecule has 0 aliphatic heterocycles. The van der Waals surface area contributed by atoms with Gasteiger partial charge in [-0.25, -0.2) is 0 Å². The summed E-state index contributed by atoms with van der Waals surface area (Å²) >= 11 is 1.59. The maximum Gasteiger partial charge on any atom is 0.328 e. The first-order valence-corrected chi connectivity index (χ1v) is 10.9. The van der Waals surface area contributed by atoms with E-state index in [9.17, 15) is 9.46 Å². The van der Waals surface area contributed by atoms with Gasteiger partial charge in [0.2, 0.25) is 0 Å². The third-order valence-electron chi connectivity index (χ3n) is 4.07. The molecule has 0 radical (unpaired) electrons. The van der Waals surface area contributed by atoms with Crippen LogP contribution in [0.1, 0.15) is 21.9 Å². The van der Waals surface area contributed by atoms with E-state index >= 15 is 0 Å². The van der Waals surface area contributed by atoms with Crippen LogP contribution in [0.5, 0.6) is 0 Å². The molecule has 0 bridgehead atoms. The summed E-state index contributed by atoms with van der Waals surface area (Å²) in [7, 11) is -3.62. The Kier molecular flexibility index (Phi) is 6.22. The van der Waals surface area contributed by atoms with Crippen LogP contribution in [0.2, 0.25) is 0 Å². The zero-order valence-electron chi connectivity index (χ0n) is 13.8. The summed E-state index contributed by atoms with van der Waals surface area (Å²) < 4.78 is 17.9. The Morgan fingerprint density at radius 2 is 1.52 bits per heavy atom. The molecule has 3 aromatic rings. The molecule has 1 atom stereocenters. The average Bonchev–Trinajstić information content (AvgIpc) is 3.16. The second-order valence-corrected chi connectivity index (χ2v) is 8.87. The molecule has 1 N–H and O–H groups in total. The van der Waals surface area contributed by atoms with E-state index in [0.717, 1.165) is 16.0 Å². The van der Waals surface area contributed by atoms with Crippen LogP contribution in [-0.2, 0) is 15.5 Å². The normalized spacial score (nSPS) is 13.7. The number of benzene rings is 2. The smallest absolute Gasteiger partial charge is 0.324 e. The number of hydrogen-bond acceptors (Lipinski definition) is 3. The van der Waals surface area contributed by atoms with Crippen LogP contribution < -0.4 is 0 Å². The number of aryl methyl sites for hydroxylation is 1. The zero-order chi connectivity index (χ0) is 17.5. The highest BCUT2D eigenvalue weighted by molar-refractivity contribution is 7.52. The van der Waals surface area contributed by atoms with Gasteiger partial charge in [0.1, 0.15) is 0 Å². The predicted octanol–water partition coefficient (Wildman–Crippen LogP) is 5.32. The Bertz CT molecular complexity index is 764. The molecule has 3 rings (SSSR count). The van der Waals surface area contributed by atoms with Gasteiger partial charge >= 0.3 is 7.60 Å². The van der Waals surface area contributed by atoms with Crippen LogP contribution in [0.3, 0.4) is 0 Å². The first kappa shape index (κ1) is 18.1. The van der Waals surface area contributed by atoms with Gasteiger partial charge in [-0.3, -0.25) is 4.57 Å². The summed E-state index contributed by atoms with van der Waals surface area (Å²) in [5, 5.41) is 1.97. The third-order valence-corrected chi connectivity index (χ3v) is 6.35. The lowest BCUT2D eigenvalue weighted by Gasteiger charge is -2.20. The van der Waals surface area contributed by atoms with Crippen molar-refractivity contribution in [3.8, 4) is 0 Å². The summed E-state index contributed by atoms with van der Waals surface area (Å²) in [6, 6.07) is 23.8. The summed E-state index contributed by atoms with van der Waals surface area (Å²) in [4.78, 5) is 11.3. The van der Waals surface area contributed by atoms with Crippen molar-refractivity contribution in [1.82, 2.24) is 0 Å². The summed E-state index contributed by atoms with van der Waals surface area (Å²) in [5.41, 5.74) is 2.15. The largest absolute Gasteiger partial charge is 0.328 e. The van der Waals surface area contributed by atoms with E-state index in [-0.39, 0.29) is 18.7 Å². The van der Waals surface area contributed by atoms with Crippen LogP contribution in [-0.4, -0.2) is 17.7 Å². The van der Waals surface area contributed by atoms with Crippen molar-refractivity contribution in [1.29, 1.82) is 0 Å². The van der Waals surface area contributed by atoms with Crippen LogP contribution in [0.4, 0.5) is 0 Å². The highest BCUT2D eigenvalue weighted by Gasteiger charge is 2.23.